The number of hydrogen-bond donors (Lipinski definition) is 0. The first-order chi connectivity index (χ1) is 12.0. The van der Waals surface area contributed by atoms with Gasteiger partial charge in [-0.3, -0.25) is 0 Å². The van der Waals surface area contributed by atoms with Crippen LogP contribution in [0.4, 0.5) is 13.2 Å². The monoisotopic (exact) mass is 426 g/mol. The zero-order valence-electron chi connectivity index (χ0n) is 14.0. The number of hydrogen-bond acceptors (Lipinski definition) is 3. The van der Waals surface area contributed by atoms with Gasteiger partial charge in [-0.25, -0.2) is 8.42 Å². The van der Waals surface area contributed by atoms with Gasteiger partial charge in [-0.2, -0.15) is 13.2 Å². The molecule has 3 nitrogen and oxygen atoms in total. The molecule has 0 saturated heterocycles. The van der Waals surface area contributed by atoms with Gasteiger partial charge in [0.25, 0.3) is 0 Å². The lowest BCUT2D eigenvalue weighted by molar-refractivity contribution is -0.0517. The number of rotatable bonds is 4. The molecule has 0 amide bonds. The lowest BCUT2D eigenvalue weighted by atomic mass is 10.0. The Labute approximate surface area is 159 Å². The minimum atomic E-state index is -6.09. The van der Waals surface area contributed by atoms with E-state index in [2.05, 4.69) is 62.4 Å². The molecule has 0 heterocycles. The van der Waals surface area contributed by atoms with E-state index in [4.69, 9.17) is 24.6 Å². The second-order valence-electron chi connectivity index (χ2n) is 5.41. The van der Waals surface area contributed by atoms with E-state index >= 15 is 0 Å². The molecule has 2 rings (SSSR count). The molecule has 0 aliphatic heterocycles. The molecule has 0 N–H and O–H groups in total. The zero-order chi connectivity index (χ0) is 20.0. The van der Waals surface area contributed by atoms with Gasteiger partial charge in [0, 0.05) is 5.56 Å². The van der Waals surface area contributed by atoms with Crippen LogP contribution >= 0.6 is 11.6 Å². The van der Waals surface area contributed by atoms with E-state index in [0.29, 0.717) is 11.1 Å². The summed E-state index contributed by atoms with van der Waals surface area (Å²) in [5.74, 6) is 0.531. The summed E-state index contributed by atoms with van der Waals surface area (Å²) >= 11 is 6.23. The van der Waals surface area contributed by atoms with Crippen LogP contribution in [-0.2, 0) is 21.0 Å². The highest BCUT2D eigenvalue weighted by Crippen LogP contribution is 2.31. The molecule has 144 valence electrons. The van der Waals surface area contributed by atoms with Gasteiger partial charge >= 0.3 is 5.51 Å². The molecule has 0 saturated carbocycles. The Morgan fingerprint density at radius 2 is 1.50 bits per heavy atom. The number of halogens is 4. The van der Waals surface area contributed by atoms with Crippen molar-refractivity contribution in [3.63, 3.8) is 0 Å². The third-order valence-corrected chi connectivity index (χ3v) is 6.41. The maximum Gasteiger partial charge on any atom is 0.485 e. The molecule has 1 atom stereocenters. The van der Waals surface area contributed by atoms with Gasteiger partial charge in [-0.05, 0) is 24.1 Å². The summed E-state index contributed by atoms with van der Waals surface area (Å²) in [4.78, 5) is 2.70. The van der Waals surface area contributed by atoms with Gasteiger partial charge in [-0.15, -0.1) is 0 Å². The number of benzene rings is 2. The molecule has 1 unspecified atom stereocenters. The SMILES string of the molecule is CC(C)c1ccccc1[S+](CCl)c1ccccc1.O=S(=O)([O-])C(F)(F)F. The minimum absolute atomic E-state index is 0.0249. The first-order valence-electron chi connectivity index (χ1n) is 7.42. The van der Waals surface area contributed by atoms with Gasteiger partial charge in [0.1, 0.15) is 0 Å². The van der Waals surface area contributed by atoms with Crippen LogP contribution in [0.15, 0.2) is 64.4 Å². The number of alkyl halides is 4. The molecule has 2 aromatic rings. The van der Waals surface area contributed by atoms with Gasteiger partial charge < -0.3 is 4.55 Å². The Morgan fingerprint density at radius 3 is 1.92 bits per heavy atom. The van der Waals surface area contributed by atoms with E-state index in [9.17, 15) is 13.2 Å². The molecule has 0 spiro atoms. The highest BCUT2D eigenvalue weighted by atomic mass is 35.5. The first-order valence-corrected chi connectivity index (χ1v) is 10.8. The third kappa shape index (κ3) is 6.50. The average Bonchev–Trinajstić information content (AvgIpc) is 2.55. The second kappa shape index (κ2) is 9.64. The summed E-state index contributed by atoms with van der Waals surface area (Å²) in [6.07, 6.45) is 0. The molecule has 9 heteroatoms. The van der Waals surface area contributed by atoms with Crippen molar-refractivity contribution in [3.8, 4) is 0 Å². The van der Waals surface area contributed by atoms with Crippen LogP contribution in [0.1, 0.15) is 25.3 Å². The van der Waals surface area contributed by atoms with Crippen LogP contribution in [0.2, 0.25) is 0 Å². The van der Waals surface area contributed by atoms with E-state index in [1.165, 1.54) is 15.4 Å². The summed E-state index contributed by atoms with van der Waals surface area (Å²) < 4.78 is 58.9. The van der Waals surface area contributed by atoms with Crippen LogP contribution in [-0.4, -0.2) is 23.7 Å². The van der Waals surface area contributed by atoms with Crippen LogP contribution in [0.25, 0.3) is 0 Å². The van der Waals surface area contributed by atoms with Crippen LogP contribution < -0.4 is 0 Å². The predicted octanol–water partition coefficient (Wildman–Crippen LogP) is 5.09. The Balaban J connectivity index is 0.000000359. The van der Waals surface area contributed by atoms with Crippen molar-refractivity contribution in [2.24, 2.45) is 0 Å². The highest BCUT2D eigenvalue weighted by Gasteiger charge is 2.36. The molecule has 0 fully saturated rings. The Bertz CT molecular complexity index is 794. The average molecular weight is 427 g/mol. The van der Waals surface area contributed by atoms with Crippen molar-refractivity contribution in [2.75, 3.05) is 5.21 Å². The minimum Gasteiger partial charge on any atom is -0.741 e. The van der Waals surface area contributed by atoms with Gasteiger partial charge in [0.05, 0.1) is 10.9 Å². The molecule has 0 aliphatic rings. The van der Waals surface area contributed by atoms with Crippen molar-refractivity contribution >= 4 is 32.6 Å². The van der Waals surface area contributed by atoms with Crippen molar-refractivity contribution in [1.29, 1.82) is 0 Å². The largest absolute Gasteiger partial charge is 0.741 e. The molecule has 2 aromatic carbocycles. The quantitative estimate of drug-likeness (QED) is 0.296. The molecule has 0 aromatic heterocycles. The fourth-order valence-electron chi connectivity index (χ4n) is 2.02. The topological polar surface area (TPSA) is 57.2 Å². The zero-order valence-corrected chi connectivity index (χ0v) is 16.4. The lowest BCUT2D eigenvalue weighted by Crippen LogP contribution is -2.21. The van der Waals surface area contributed by atoms with Crippen LogP contribution in [0, 0.1) is 0 Å². The van der Waals surface area contributed by atoms with Crippen molar-refractivity contribution in [2.45, 2.75) is 35.1 Å². The van der Waals surface area contributed by atoms with E-state index in [1.807, 2.05) is 6.07 Å². The molecule has 0 bridgehead atoms. The third-order valence-electron chi connectivity index (χ3n) is 3.23. The lowest BCUT2D eigenvalue weighted by Gasteiger charge is -2.12. The molecular formula is C17H18ClF3O3S2. The summed E-state index contributed by atoms with van der Waals surface area (Å²) in [6, 6.07) is 19.2. The van der Waals surface area contributed by atoms with Crippen LogP contribution in [0.3, 0.4) is 0 Å². The van der Waals surface area contributed by atoms with Crippen molar-refractivity contribution in [3.05, 3.63) is 60.2 Å². The molecule has 0 aliphatic carbocycles. The fourth-order valence-corrected chi connectivity index (χ4v) is 4.56. The summed E-state index contributed by atoms with van der Waals surface area (Å²) in [6.45, 7) is 4.47. The molecule has 0 radical (unpaired) electrons. The summed E-state index contributed by atoms with van der Waals surface area (Å²) in [5, 5.41) is 0.647. The molecule has 26 heavy (non-hydrogen) atoms. The maximum absolute atomic E-state index is 10.7. The Morgan fingerprint density at radius 1 is 1.04 bits per heavy atom. The summed E-state index contributed by atoms with van der Waals surface area (Å²) in [5.41, 5.74) is -4.24. The Hall–Kier alpha value is -1.22. The smallest absolute Gasteiger partial charge is 0.485 e. The molecular weight excluding hydrogens is 409 g/mol. The van der Waals surface area contributed by atoms with Gasteiger partial charge in [-0.1, -0.05) is 61.8 Å². The maximum atomic E-state index is 10.7. The van der Waals surface area contributed by atoms with E-state index in [0.717, 1.165) is 0 Å². The van der Waals surface area contributed by atoms with E-state index in [-0.39, 0.29) is 10.9 Å². The summed E-state index contributed by atoms with van der Waals surface area (Å²) in [7, 11) is -6.12. The standard InChI is InChI=1S/C16H18ClS.CHF3O3S/c1-13(2)15-10-6-7-11-16(15)18(12-17)14-8-4-3-5-9-14;2-1(3,4)8(5,6)7/h3-11,13H,12H2,1-2H3;(H,5,6,7)/q+1;/p-1. The first kappa shape index (κ1) is 22.8. The highest BCUT2D eigenvalue weighted by molar-refractivity contribution is 7.98. The van der Waals surface area contributed by atoms with E-state index < -0.39 is 15.6 Å². The van der Waals surface area contributed by atoms with E-state index in [1.54, 1.807) is 0 Å². The second-order valence-corrected chi connectivity index (χ2v) is 9.34. The van der Waals surface area contributed by atoms with Crippen molar-refractivity contribution < 1.29 is 26.1 Å². The predicted molar refractivity (Wildman–Crippen MR) is 97.3 cm³/mol. The Kier molecular flexibility index (Phi) is 8.46. The fraction of sp³-hybridized carbons (Fsp3) is 0.294. The van der Waals surface area contributed by atoms with Crippen LogP contribution in [0.5, 0.6) is 0 Å². The van der Waals surface area contributed by atoms with Gasteiger partial charge in [0.15, 0.2) is 25.1 Å². The van der Waals surface area contributed by atoms with Gasteiger partial charge in [0.2, 0.25) is 0 Å². The normalized spacial score (nSPS) is 13.1. The van der Waals surface area contributed by atoms with Crippen molar-refractivity contribution in [1.82, 2.24) is 0 Å².